The number of hydrogen-bond donors (Lipinski definition) is 1. The summed E-state index contributed by atoms with van der Waals surface area (Å²) in [6.07, 6.45) is 9.38. The summed E-state index contributed by atoms with van der Waals surface area (Å²) >= 11 is 0. The third-order valence-corrected chi connectivity index (χ3v) is 3.68. The summed E-state index contributed by atoms with van der Waals surface area (Å²) in [5.41, 5.74) is 0. The molecule has 0 aromatic heterocycles. The van der Waals surface area contributed by atoms with Crippen molar-refractivity contribution in [1.29, 1.82) is 0 Å². The van der Waals surface area contributed by atoms with Gasteiger partial charge in [0.25, 0.3) is 0 Å². The molecule has 0 aliphatic heterocycles. The predicted octanol–water partition coefficient (Wildman–Crippen LogP) is 4.74. The lowest BCUT2D eigenvalue weighted by atomic mass is 10.0. The maximum absolute atomic E-state index is 11.5. The Morgan fingerprint density at radius 1 is 0.810 bits per heavy atom. The van der Waals surface area contributed by atoms with Crippen molar-refractivity contribution >= 4 is 11.7 Å². The van der Waals surface area contributed by atoms with E-state index in [0.717, 1.165) is 38.6 Å². The number of Topliss-reactive ketones (excluding diaryl/α,β-unsaturated/α-hetero) is 1. The fraction of sp³-hybridized carbons (Fsp3) is 0.889. The van der Waals surface area contributed by atoms with Crippen LogP contribution in [0.4, 0.5) is 0 Å². The Morgan fingerprint density at radius 2 is 1.29 bits per heavy atom. The molecule has 0 aliphatic rings. The second-order valence-corrected chi connectivity index (χ2v) is 6.79. The first-order valence-corrected chi connectivity index (χ1v) is 8.73. The zero-order valence-electron chi connectivity index (χ0n) is 14.5. The minimum atomic E-state index is 0. The topological polar surface area (TPSA) is 46.2 Å². The summed E-state index contributed by atoms with van der Waals surface area (Å²) in [6.45, 7) is 8.94. The minimum absolute atomic E-state index is 0. The van der Waals surface area contributed by atoms with Crippen LogP contribution in [0.3, 0.4) is 0 Å². The molecular weight excluding hydrogens is 262 g/mol. The number of rotatable bonds is 13. The van der Waals surface area contributed by atoms with Crippen LogP contribution in [0.2, 0.25) is 0 Å². The molecule has 0 rings (SSSR count). The second-order valence-electron chi connectivity index (χ2n) is 6.79. The Bertz CT molecular complexity index is 291. The van der Waals surface area contributed by atoms with Crippen LogP contribution in [-0.2, 0) is 9.59 Å². The normalized spacial score (nSPS) is 11.1. The van der Waals surface area contributed by atoms with Crippen LogP contribution in [0.15, 0.2) is 0 Å². The highest BCUT2D eigenvalue weighted by Gasteiger charge is 2.06. The van der Waals surface area contributed by atoms with Gasteiger partial charge in [-0.05, 0) is 18.8 Å². The second kappa shape index (κ2) is 12.8. The van der Waals surface area contributed by atoms with Gasteiger partial charge >= 0.3 is 0 Å². The lowest BCUT2D eigenvalue weighted by Gasteiger charge is -2.07. The number of amides is 1. The van der Waals surface area contributed by atoms with Gasteiger partial charge in [0.15, 0.2) is 0 Å². The van der Waals surface area contributed by atoms with Gasteiger partial charge in [-0.2, -0.15) is 0 Å². The van der Waals surface area contributed by atoms with Crippen molar-refractivity contribution in [3.63, 3.8) is 0 Å². The number of nitrogens with one attached hydrogen (secondary N) is 1. The van der Waals surface area contributed by atoms with Gasteiger partial charge in [0.2, 0.25) is 5.91 Å². The summed E-state index contributed by atoms with van der Waals surface area (Å²) in [5, 5.41) is 2.95. The van der Waals surface area contributed by atoms with Crippen molar-refractivity contribution in [2.24, 2.45) is 11.8 Å². The first-order chi connectivity index (χ1) is 9.93. The quantitative estimate of drug-likeness (QED) is 0.499. The smallest absolute Gasteiger partial charge is 0.220 e. The molecule has 0 spiro atoms. The molecule has 0 atom stereocenters. The molecule has 0 aromatic carbocycles. The SMILES string of the molecule is CC(C)CNC(=O)CCCCCCCCCC(=O)C(C)C.[HH]. The molecular formula is C18H37NO2. The van der Waals surface area contributed by atoms with Gasteiger partial charge < -0.3 is 5.32 Å². The molecule has 0 bridgehead atoms. The van der Waals surface area contributed by atoms with Crippen molar-refractivity contribution in [2.75, 3.05) is 6.54 Å². The predicted molar refractivity (Wildman–Crippen MR) is 91.4 cm³/mol. The zero-order chi connectivity index (χ0) is 16.1. The highest BCUT2D eigenvalue weighted by molar-refractivity contribution is 5.80. The number of unbranched alkanes of at least 4 members (excludes halogenated alkanes) is 6. The standard InChI is InChI=1S/C18H35NO2.H2/c1-15(2)14-19-18(21)13-11-9-7-5-6-8-10-12-17(20)16(3)4;/h15-16H,5-14H2,1-4H3,(H,19,21);1H. The van der Waals surface area contributed by atoms with E-state index in [1.54, 1.807) is 0 Å². The van der Waals surface area contributed by atoms with Crippen molar-refractivity contribution in [1.82, 2.24) is 5.32 Å². The molecule has 3 nitrogen and oxygen atoms in total. The zero-order valence-corrected chi connectivity index (χ0v) is 14.5. The maximum Gasteiger partial charge on any atom is 0.220 e. The molecule has 1 amide bonds. The van der Waals surface area contributed by atoms with Crippen LogP contribution in [0.1, 0.15) is 86.9 Å². The van der Waals surface area contributed by atoms with Gasteiger partial charge in [-0.3, -0.25) is 9.59 Å². The van der Waals surface area contributed by atoms with Crippen LogP contribution in [0, 0.1) is 11.8 Å². The van der Waals surface area contributed by atoms with Gasteiger partial charge in [-0.15, -0.1) is 0 Å². The van der Waals surface area contributed by atoms with E-state index in [-0.39, 0.29) is 13.3 Å². The van der Waals surface area contributed by atoms with Gasteiger partial charge in [0.1, 0.15) is 5.78 Å². The van der Waals surface area contributed by atoms with Crippen LogP contribution >= 0.6 is 0 Å². The summed E-state index contributed by atoms with van der Waals surface area (Å²) in [7, 11) is 0. The Labute approximate surface area is 132 Å². The highest BCUT2D eigenvalue weighted by atomic mass is 16.1. The lowest BCUT2D eigenvalue weighted by molar-refractivity contribution is -0.122. The van der Waals surface area contributed by atoms with Crippen LogP contribution in [0.5, 0.6) is 0 Å². The molecule has 3 heteroatoms. The van der Waals surface area contributed by atoms with Crippen LogP contribution in [0.25, 0.3) is 0 Å². The molecule has 21 heavy (non-hydrogen) atoms. The van der Waals surface area contributed by atoms with Gasteiger partial charge in [0.05, 0.1) is 0 Å². The molecule has 0 unspecified atom stereocenters. The Kier molecular flexibility index (Phi) is 12.3. The third kappa shape index (κ3) is 13.9. The van der Waals surface area contributed by atoms with Crippen molar-refractivity contribution in [3.05, 3.63) is 0 Å². The van der Waals surface area contributed by atoms with Gasteiger partial charge in [-0.25, -0.2) is 0 Å². The van der Waals surface area contributed by atoms with E-state index in [0.29, 0.717) is 18.1 Å². The number of carbonyl (C=O) groups excluding carboxylic acids is 2. The van der Waals surface area contributed by atoms with E-state index in [9.17, 15) is 9.59 Å². The monoisotopic (exact) mass is 299 g/mol. The van der Waals surface area contributed by atoms with Gasteiger partial charge in [-0.1, -0.05) is 59.8 Å². The Hall–Kier alpha value is -0.860. The first-order valence-electron chi connectivity index (χ1n) is 8.73. The summed E-state index contributed by atoms with van der Waals surface area (Å²) in [5.74, 6) is 1.29. The molecule has 0 aliphatic carbocycles. The molecule has 0 radical (unpaired) electrons. The van der Waals surface area contributed by atoms with E-state index in [1.807, 2.05) is 13.8 Å². The summed E-state index contributed by atoms with van der Waals surface area (Å²) in [6, 6.07) is 0. The van der Waals surface area contributed by atoms with Crippen molar-refractivity contribution in [3.8, 4) is 0 Å². The molecule has 0 aromatic rings. The maximum atomic E-state index is 11.5. The minimum Gasteiger partial charge on any atom is -0.356 e. The Morgan fingerprint density at radius 3 is 1.76 bits per heavy atom. The molecule has 126 valence electrons. The van der Waals surface area contributed by atoms with Crippen LogP contribution < -0.4 is 5.32 Å². The van der Waals surface area contributed by atoms with Crippen molar-refractivity contribution in [2.45, 2.75) is 85.5 Å². The fourth-order valence-corrected chi connectivity index (χ4v) is 2.16. The molecule has 0 heterocycles. The van der Waals surface area contributed by atoms with E-state index in [1.165, 1.54) is 19.3 Å². The van der Waals surface area contributed by atoms with Gasteiger partial charge in [0, 0.05) is 26.7 Å². The average molecular weight is 299 g/mol. The molecule has 0 fully saturated rings. The third-order valence-electron chi connectivity index (χ3n) is 3.68. The molecule has 0 saturated heterocycles. The van der Waals surface area contributed by atoms with E-state index in [2.05, 4.69) is 19.2 Å². The van der Waals surface area contributed by atoms with E-state index < -0.39 is 0 Å². The summed E-state index contributed by atoms with van der Waals surface area (Å²) in [4.78, 5) is 22.9. The van der Waals surface area contributed by atoms with Crippen LogP contribution in [-0.4, -0.2) is 18.2 Å². The Balaban J connectivity index is 0. The number of carbonyl (C=O) groups is 2. The average Bonchev–Trinajstić information content (AvgIpc) is 2.42. The number of hydrogen-bond acceptors (Lipinski definition) is 2. The first kappa shape index (κ1) is 20.1. The summed E-state index contributed by atoms with van der Waals surface area (Å²) < 4.78 is 0. The molecule has 0 saturated carbocycles. The number of ketones is 1. The highest BCUT2D eigenvalue weighted by Crippen LogP contribution is 2.11. The molecule has 1 N–H and O–H groups in total. The van der Waals surface area contributed by atoms with E-state index in [4.69, 9.17) is 0 Å². The fourth-order valence-electron chi connectivity index (χ4n) is 2.16. The van der Waals surface area contributed by atoms with Crippen molar-refractivity contribution < 1.29 is 11.0 Å². The lowest BCUT2D eigenvalue weighted by Crippen LogP contribution is -2.26. The largest absolute Gasteiger partial charge is 0.356 e. The van der Waals surface area contributed by atoms with E-state index >= 15 is 0 Å².